The molecule has 0 heterocycles. The molecular formula is C21H28N2O2. The van der Waals surface area contributed by atoms with Crippen molar-refractivity contribution in [1.82, 2.24) is 4.90 Å². The Bertz CT molecular complexity index is 663. The molecule has 0 spiro atoms. The van der Waals surface area contributed by atoms with Crippen LogP contribution in [0.1, 0.15) is 25.0 Å². The van der Waals surface area contributed by atoms with Crippen molar-refractivity contribution in [3.63, 3.8) is 0 Å². The van der Waals surface area contributed by atoms with Crippen molar-refractivity contribution in [2.24, 2.45) is 0 Å². The lowest BCUT2D eigenvalue weighted by Crippen LogP contribution is -2.34. The number of aryl methyl sites for hydroxylation is 1. The molecule has 0 fully saturated rings. The number of carbonyl (C=O) groups excluding carboxylic acids is 1. The lowest BCUT2D eigenvalue weighted by Gasteiger charge is -2.22. The maximum absolute atomic E-state index is 12.4. The van der Waals surface area contributed by atoms with E-state index in [1.54, 1.807) is 0 Å². The fourth-order valence-electron chi connectivity index (χ4n) is 2.55. The minimum absolute atomic E-state index is 0.00115. The van der Waals surface area contributed by atoms with E-state index in [9.17, 15) is 4.79 Å². The average Bonchev–Trinajstić information content (AvgIpc) is 2.64. The highest BCUT2D eigenvalue weighted by Crippen LogP contribution is 2.15. The van der Waals surface area contributed by atoms with Crippen molar-refractivity contribution < 1.29 is 9.53 Å². The highest BCUT2D eigenvalue weighted by Gasteiger charge is 2.13. The number of nitrogens with zero attached hydrogens (tertiary/aromatic N) is 2. The number of benzene rings is 2. The Morgan fingerprint density at radius 1 is 0.920 bits per heavy atom. The van der Waals surface area contributed by atoms with Gasteiger partial charge in [-0.05, 0) is 48.7 Å². The van der Waals surface area contributed by atoms with E-state index in [2.05, 4.69) is 36.1 Å². The largest absolute Gasteiger partial charge is 0.484 e. The Morgan fingerprint density at radius 2 is 1.52 bits per heavy atom. The summed E-state index contributed by atoms with van der Waals surface area (Å²) in [4.78, 5) is 16.3. The number of rotatable bonds is 8. The second-order valence-corrected chi connectivity index (χ2v) is 6.25. The van der Waals surface area contributed by atoms with Crippen LogP contribution in [0, 0.1) is 0 Å². The lowest BCUT2D eigenvalue weighted by atomic mass is 10.2. The van der Waals surface area contributed by atoms with Gasteiger partial charge in [-0.25, -0.2) is 0 Å². The molecule has 0 bridgehead atoms. The molecule has 0 N–H and O–H groups in total. The molecule has 2 rings (SSSR count). The van der Waals surface area contributed by atoms with Crippen molar-refractivity contribution >= 4 is 11.6 Å². The van der Waals surface area contributed by atoms with E-state index < -0.39 is 0 Å². The molecule has 2 aromatic carbocycles. The van der Waals surface area contributed by atoms with Gasteiger partial charge < -0.3 is 14.5 Å². The van der Waals surface area contributed by atoms with Crippen LogP contribution in [0.3, 0.4) is 0 Å². The third-order valence-corrected chi connectivity index (χ3v) is 4.25. The monoisotopic (exact) mass is 340 g/mol. The van der Waals surface area contributed by atoms with Gasteiger partial charge in [0.1, 0.15) is 5.75 Å². The van der Waals surface area contributed by atoms with Crippen molar-refractivity contribution in [2.45, 2.75) is 26.8 Å². The number of hydrogen-bond acceptors (Lipinski definition) is 3. The molecule has 2 aromatic rings. The van der Waals surface area contributed by atoms with Crippen LogP contribution in [0.5, 0.6) is 5.75 Å². The van der Waals surface area contributed by atoms with E-state index in [0.29, 0.717) is 13.1 Å². The molecule has 0 aromatic heterocycles. The van der Waals surface area contributed by atoms with Crippen LogP contribution in [-0.4, -0.2) is 38.1 Å². The number of ether oxygens (including phenoxy) is 1. The Labute approximate surface area is 151 Å². The standard InChI is InChI=1S/C21H28N2O2/c1-5-17-9-13-20(14-10-17)25-16-21(24)23(6-2)15-18-7-11-19(12-8-18)22(3)4/h7-14H,5-6,15-16H2,1-4H3. The second-order valence-electron chi connectivity index (χ2n) is 6.25. The van der Waals surface area contributed by atoms with Crippen LogP contribution < -0.4 is 9.64 Å². The van der Waals surface area contributed by atoms with Gasteiger partial charge in [0.15, 0.2) is 6.61 Å². The lowest BCUT2D eigenvalue weighted by molar-refractivity contribution is -0.133. The van der Waals surface area contributed by atoms with Crippen LogP contribution >= 0.6 is 0 Å². The second kappa shape index (κ2) is 9.11. The average molecular weight is 340 g/mol. The summed E-state index contributed by atoms with van der Waals surface area (Å²) in [7, 11) is 4.03. The van der Waals surface area contributed by atoms with Crippen LogP contribution in [0.25, 0.3) is 0 Å². The summed E-state index contributed by atoms with van der Waals surface area (Å²) in [6, 6.07) is 16.2. The first-order valence-electron chi connectivity index (χ1n) is 8.79. The van der Waals surface area contributed by atoms with Crippen LogP contribution in [0.15, 0.2) is 48.5 Å². The van der Waals surface area contributed by atoms with Crippen LogP contribution in [-0.2, 0) is 17.8 Å². The Kier molecular flexibility index (Phi) is 6.87. The van der Waals surface area contributed by atoms with Gasteiger partial charge in [0.25, 0.3) is 5.91 Å². The van der Waals surface area contributed by atoms with Crippen LogP contribution in [0.2, 0.25) is 0 Å². The summed E-state index contributed by atoms with van der Waals surface area (Å²) < 4.78 is 5.64. The number of likely N-dealkylation sites (N-methyl/N-ethyl adjacent to an activating group) is 1. The van der Waals surface area contributed by atoms with E-state index in [0.717, 1.165) is 23.4 Å². The molecule has 0 aliphatic heterocycles. The summed E-state index contributed by atoms with van der Waals surface area (Å²) in [6.07, 6.45) is 0.995. The summed E-state index contributed by atoms with van der Waals surface area (Å²) in [5, 5.41) is 0. The number of amides is 1. The Balaban J connectivity index is 1.91. The molecule has 0 radical (unpaired) electrons. The highest BCUT2D eigenvalue weighted by atomic mass is 16.5. The smallest absolute Gasteiger partial charge is 0.260 e. The molecule has 4 nitrogen and oxygen atoms in total. The zero-order valence-electron chi connectivity index (χ0n) is 15.7. The van der Waals surface area contributed by atoms with Crippen molar-refractivity contribution in [2.75, 3.05) is 32.1 Å². The summed E-state index contributed by atoms with van der Waals surface area (Å²) in [5.41, 5.74) is 3.53. The predicted molar refractivity (Wildman–Crippen MR) is 103 cm³/mol. The Hall–Kier alpha value is -2.49. The van der Waals surface area contributed by atoms with Gasteiger partial charge >= 0.3 is 0 Å². The molecule has 0 saturated carbocycles. The van der Waals surface area contributed by atoms with Crippen molar-refractivity contribution in [1.29, 1.82) is 0 Å². The van der Waals surface area contributed by atoms with E-state index in [-0.39, 0.29) is 12.5 Å². The summed E-state index contributed by atoms with van der Waals surface area (Å²) >= 11 is 0. The summed E-state index contributed by atoms with van der Waals surface area (Å²) in [5.74, 6) is 0.732. The molecule has 0 aliphatic carbocycles. The van der Waals surface area contributed by atoms with Gasteiger partial charge in [-0.3, -0.25) is 4.79 Å². The molecule has 0 unspecified atom stereocenters. The normalized spacial score (nSPS) is 10.4. The summed E-state index contributed by atoms with van der Waals surface area (Å²) in [6.45, 7) is 5.42. The van der Waals surface area contributed by atoms with E-state index >= 15 is 0 Å². The maximum atomic E-state index is 12.4. The SMILES string of the molecule is CCc1ccc(OCC(=O)N(CC)Cc2ccc(N(C)C)cc2)cc1. The first-order valence-corrected chi connectivity index (χ1v) is 8.79. The molecule has 25 heavy (non-hydrogen) atoms. The molecular weight excluding hydrogens is 312 g/mol. The van der Waals surface area contributed by atoms with Gasteiger partial charge in [-0.1, -0.05) is 31.2 Å². The van der Waals surface area contributed by atoms with Crippen molar-refractivity contribution in [3.05, 3.63) is 59.7 Å². The zero-order chi connectivity index (χ0) is 18.2. The third-order valence-electron chi connectivity index (χ3n) is 4.25. The number of carbonyl (C=O) groups is 1. The fourth-order valence-corrected chi connectivity index (χ4v) is 2.55. The number of hydrogen-bond donors (Lipinski definition) is 0. The molecule has 1 amide bonds. The molecule has 0 atom stereocenters. The van der Waals surface area contributed by atoms with Gasteiger partial charge in [0, 0.05) is 32.9 Å². The highest BCUT2D eigenvalue weighted by molar-refractivity contribution is 5.77. The van der Waals surface area contributed by atoms with Gasteiger partial charge in [0.05, 0.1) is 0 Å². The Morgan fingerprint density at radius 3 is 2.04 bits per heavy atom. The van der Waals surface area contributed by atoms with Gasteiger partial charge in [-0.15, -0.1) is 0 Å². The van der Waals surface area contributed by atoms with Gasteiger partial charge in [0.2, 0.25) is 0 Å². The van der Waals surface area contributed by atoms with E-state index in [1.807, 2.05) is 50.2 Å². The van der Waals surface area contributed by atoms with E-state index in [4.69, 9.17) is 4.74 Å². The minimum atomic E-state index is -0.00115. The molecule has 4 heteroatoms. The van der Waals surface area contributed by atoms with Crippen molar-refractivity contribution in [3.8, 4) is 5.75 Å². The van der Waals surface area contributed by atoms with E-state index in [1.165, 1.54) is 5.56 Å². The molecule has 0 aliphatic rings. The first kappa shape index (κ1) is 18.8. The first-order chi connectivity index (χ1) is 12.0. The van der Waals surface area contributed by atoms with Gasteiger partial charge in [-0.2, -0.15) is 0 Å². The predicted octanol–water partition coefficient (Wildman–Crippen LogP) is 3.74. The quantitative estimate of drug-likeness (QED) is 0.734. The topological polar surface area (TPSA) is 32.8 Å². The molecule has 0 saturated heterocycles. The maximum Gasteiger partial charge on any atom is 0.260 e. The number of anilines is 1. The van der Waals surface area contributed by atoms with Crippen LogP contribution in [0.4, 0.5) is 5.69 Å². The zero-order valence-corrected chi connectivity index (χ0v) is 15.7. The minimum Gasteiger partial charge on any atom is -0.484 e. The third kappa shape index (κ3) is 5.52. The fraction of sp³-hybridized carbons (Fsp3) is 0.381. The molecule has 134 valence electrons.